The van der Waals surface area contributed by atoms with Gasteiger partial charge in [0, 0.05) is 51.1 Å². The Morgan fingerprint density at radius 1 is 1.19 bits per heavy atom. The summed E-state index contributed by atoms with van der Waals surface area (Å²) in [6.45, 7) is 6.91. The normalized spacial score (nSPS) is 18.8. The molecule has 1 saturated heterocycles. The molecule has 2 heterocycles. The zero-order chi connectivity index (χ0) is 21.8. The average molecular weight is 426 g/mol. The molecule has 0 spiro atoms. The fourth-order valence-corrected chi connectivity index (χ4v) is 4.52. The minimum absolute atomic E-state index is 0.0213. The summed E-state index contributed by atoms with van der Waals surface area (Å²) in [6, 6.07) is 7.81. The molecule has 2 aromatic rings. The van der Waals surface area contributed by atoms with Crippen molar-refractivity contribution in [2.45, 2.75) is 58.0 Å². The second kappa shape index (κ2) is 9.60. The zero-order valence-electron chi connectivity index (χ0n) is 18.3. The molecule has 1 aromatic heterocycles. The number of nitrogens with one attached hydrogen (secondary N) is 1. The van der Waals surface area contributed by atoms with Crippen LogP contribution in [0.4, 0.5) is 0 Å². The van der Waals surface area contributed by atoms with E-state index in [0.29, 0.717) is 24.8 Å². The van der Waals surface area contributed by atoms with E-state index in [4.69, 9.17) is 4.52 Å². The summed E-state index contributed by atoms with van der Waals surface area (Å²) < 4.78 is 5.54. The lowest BCUT2D eigenvalue weighted by Crippen LogP contribution is -2.53. The predicted molar refractivity (Wildman–Crippen MR) is 116 cm³/mol. The number of piperazine rings is 1. The smallest absolute Gasteiger partial charge is 0.244 e. The van der Waals surface area contributed by atoms with Gasteiger partial charge in [0.25, 0.3) is 0 Å². The van der Waals surface area contributed by atoms with E-state index >= 15 is 0 Å². The molecule has 2 amide bonds. The minimum atomic E-state index is -0.482. The molecule has 4 rings (SSSR count). The number of nitrogens with zero attached hydrogens (tertiary/aromatic N) is 4. The fourth-order valence-electron chi connectivity index (χ4n) is 4.52. The van der Waals surface area contributed by atoms with Gasteiger partial charge in [-0.05, 0) is 31.4 Å². The molecular formula is C23H31N5O3. The second-order valence-electron chi connectivity index (χ2n) is 8.66. The van der Waals surface area contributed by atoms with E-state index in [1.165, 1.54) is 25.3 Å². The van der Waals surface area contributed by atoms with Gasteiger partial charge in [0.15, 0.2) is 0 Å². The highest BCUT2D eigenvalue weighted by molar-refractivity contribution is 5.86. The molecule has 166 valence electrons. The van der Waals surface area contributed by atoms with Crippen LogP contribution in [0.25, 0.3) is 11.4 Å². The first-order valence-corrected chi connectivity index (χ1v) is 11.2. The van der Waals surface area contributed by atoms with Crippen LogP contribution < -0.4 is 5.32 Å². The molecule has 0 radical (unpaired) electrons. The van der Waals surface area contributed by atoms with Crippen molar-refractivity contribution in [3.05, 3.63) is 35.7 Å². The quantitative estimate of drug-likeness (QED) is 0.765. The van der Waals surface area contributed by atoms with Gasteiger partial charge in [-0.25, -0.2) is 0 Å². The van der Waals surface area contributed by atoms with Crippen LogP contribution >= 0.6 is 0 Å². The number of rotatable bonds is 6. The van der Waals surface area contributed by atoms with E-state index in [0.717, 1.165) is 43.9 Å². The van der Waals surface area contributed by atoms with Gasteiger partial charge in [-0.15, -0.1) is 0 Å². The van der Waals surface area contributed by atoms with Crippen molar-refractivity contribution < 1.29 is 14.1 Å². The minimum Gasteiger partial charge on any atom is -0.345 e. The molecule has 1 atom stereocenters. The monoisotopic (exact) mass is 425 g/mol. The highest BCUT2D eigenvalue weighted by Gasteiger charge is 2.26. The van der Waals surface area contributed by atoms with Crippen molar-refractivity contribution >= 4 is 11.8 Å². The van der Waals surface area contributed by atoms with Crippen LogP contribution in [0.5, 0.6) is 0 Å². The number of carbonyl (C=O) groups is 2. The molecule has 1 unspecified atom stereocenters. The Balaban J connectivity index is 1.33. The molecule has 2 fully saturated rings. The standard InChI is InChI=1S/C23H31N5O3/c1-16(24-17(2)29)23(30)28-12-10-27(11-13-28)15-18-6-5-9-20(14-18)21-25-22(31-26-21)19-7-3-4-8-19/h5-6,9,14,16,19H,3-4,7-8,10-13,15H2,1-2H3,(H,24,29). The van der Waals surface area contributed by atoms with Gasteiger partial charge < -0.3 is 14.7 Å². The van der Waals surface area contributed by atoms with Gasteiger partial charge in [0.2, 0.25) is 23.5 Å². The van der Waals surface area contributed by atoms with E-state index in [9.17, 15) is 9.59 Å². The topological polar surface area (TPSA) is 91.6 Å². The third-order valence-electron chi connectivity index (χ3n) is 6.21. The molecule has 1 aliphatic carbocycles. The largest absolute Gasteiger partial charge is 0.345 e. The number of benzene rings is 1. The Morgan fingerprint density at radius 2 is 1.94 bits per heavy atom. The number of carbonyl (C=O) groups excluding carboxylic acids is 2. The highest BCUT2D eigenvalue weighted by atomic mass is 16.5. The average Bonchev–Trinajstić information content (AvgIpc) is 3.45. The van der Waals surface area contributed by atoms with E-state index in [2.05, 4.69) is 32.5 Å². The van der Waals surface area contributed by atoms with Gasteiger partial charge >= 0.3 is 0 Å². The summed E-state index contributed by atoms with van der Waals surface area (Å²) in [5.74, 6) is 1.64. The van der Waals surface area contributed by atoms with Crippen LogP contribution in [0.15, 0.2) is 28.8 Å². The van der Waals surface area contributed by atoms with Crippen molar-refractivity contribution in [3.63, 3.8) is 0 Å². The molecule has 1 aliphatic heterocycles. The Labute approximate surface area is 183 Å². The number of hydrogen-bond donors (Lipinski definition) is 1. The second-order valence-corrected chi connectivity index (χ2v) is 8.66. The van der Waals surface area contributed by atoms with Crippen molar-refractivity contribution in [1.82, 2.24) is 25.3 Å². The summed E-state index contributed by atoms with van der Waals surface area (Å²) in [4.78, 5) is 32.5. The summed E-state index contributed by atoms with van der Waals surface area (Å²) in [6.07, 6.45) is 4.76. The maximum atomic E-state index is 12.5. The van der Waals surface area contributed by atoms with Crippen LogP contribution in [0, 0.1) is 0 Å². The van der Waals surface area contributed by atoms with Crippen molar-refractivity contribution in [3.8, 4) is 11.4 Å². The predicted octanol–water partition coefficient (Wildman–Crippen LogP) is 2.56. The summed E-state index contributed by atoms with van der Waals surface area (Å²) >= 11 is 0. The Hall–Kier alpha value is -2.74. The van der Waals surface area contributed by atoms with E-state index in [-0.39, 0.29) is 11.8 Å². The zero-order valence-corrected chi connectivity index (χ0v) is 18.3. The highest BCUT2D eigenvalue weighted by Crippen LogP contribution is 2.34. The molecular weight excluding hydrogens is 394 g/mol. The van der Waals surface area contributed by atoms with Crippen LogP contribution in [0.2, 0.25) is 0 Å². The van der Waals surface area contributed by atoms with Gasteiger partial charge in [-0.1, -0.05) is 36.2 Å². The van der Waals surface area contributed by atoms with Crippen LogP contribution in [0.3, 0.4) is 0 Å². The van der Waals surface area contributed by atoms with E-state index in [1.54, 1.807) is 6.92 Å². The number of hydrogen-bond acceptors (Lipinski definition) is 6. The lowest BCUT2D eigenvalue weighted by Gasteiger charge is -2.36. The first kappa shape index (κ1) is 21.5. The van der Waals surface area contributed by atoms with Crippen LogP contribution in [-0.4, -0.2) is 64.0 Å². The third kappa shape index (κ3) is 5.31. The first-order valence-electron chi connectivity index (χ1n) is 11.2. The fraction of sp³-hybridized carbons (Fsp3) is 0.565. The number of amides is 2. The Bertz CT molecular complexity index is 913. The van der Waals surface area contributed by atoms with Gasteiger partial charge in [0.1, 0.15) is 6.04 Å². The molecule has 31 heavy (non-hydrogen) atoms. The lowest BCUT2D eigenvalue weighted by atomic mass is 10.1. The van der Waals surface area contributed by atoms with Gasteiger partial charge in [0.05, 0.1) is 0 Å². The first-order chi connectivity index (χ1) is 15.0. The molecule has 2 aliphatic rings. The summed E-state index contributed by atoms with van der Waals surface area (Å²) in [5.41, 5.74) is 2.17. The lowest BCUT2D eigenvalue weighted by molar-refractivity contribution is -0.137. The SMILES string of the molecule is CC(=O)NC(C)C(=O)N1CCN(Cc2cccc(-c3noc(C4CCCC4)n3)c2)CC1. The third-order valence-corrected chi connectivity index (χ3v) is 6.21. The van der Waals surface area contributed by atoms with Gasteiger partial charge in [-0.2, -0.15) is 4.98 Å². The summed E-state index contributed by atoms with van der Waals surface area (Å²) in [5, 5.41) is 6.88. The van der Waals surface area contributed by atoms with Crippen LogP contribution in [0.1, 0.15) is 56.9 Å². The molecule has 1 saturated carbocycles. The van der Waals surface area contributed by atoms with E-state index < -0.39 is 6.04 Å². The van der Waals surface area contributed by atoms with E-state index in [1.807, 2.05) is 17.0 Å². The van der Waals surface area contributed by atoms with Gasteiger partial charge in [-0.3, -0.25) is 14.5 Å². The maximum absolute atomic E-state index is 12.5. The van der Waals surface area contributed by atoms with Crippen molar-refractivity contribution in [2.75, 3.05) is 26.2 Å². The molecule has 8 heteroatoms. The Kier molecular flexibility index (Phi) is 6.65. The van der Waals surface area contributed by atoms with Crippen LogP contribution in [-0.2, 0) is 16.1 Å². The van der Waals surface area contributed by atoms with Crippen molar-refractivity contribution in [2.24, 2.45) is 0 Å². The van der Waals surface area contributed by atoms with Crippen molar-refractivity contribution in [1.29, 1.82) is 0 Å². The molecule has 1 aromatic carbocycles. The maximum Gasteiger partial charge on any atom is 0.244 e. The summed E-state index contributed by atoms with van der Waals surface area (Å²) in [7, 11) is 0. The molecule has 8 nitrogen and oxygen atoms in total. The Morgan fingerprint density at radius 3 is 2.65 bits per heavy atom. The molecule has 1 N–H and O–H groups in total. The molecule has 0 bridgehead atoms. The number of aromatic nitrogens is 2.